The summed E-state index contributed by atoms with van der Waals surface area (Å²) in [7, 11) is 0. The molecular weight excluding hydrogens is 529 g/mol. The fourth-order valence-electron chi connectivity index (χ4n) is 6.65. The fraction of sp³-hybridized carbons (Fsp3) is 0. The van der Waals surface area contributed by atoms with Crippen LogP contribution in [0, 0.1) is 0 Å². The molecule has 0 fully saturated rings. The van der Waals surface area contributed by atoms with Crippen LogP contribution in [0.2, 0.25) is 0 Å². The van der Waals surface area contributed by atoms with E-state index in [1.54, 1.807) is 11.3 Å². The first-order chi connectivity index (χ1) is 20.8. The lowest BCUT2D eigenvalue weighted by Gasteiger charge is -2.17. The lowest BCUT2D eigenvalue weighted by molar-refractivity contribution is 0.669. The van der Waals surface area contributed by atoms with Crippen molar-refractivity contribution in [2.75, 3.05) is 0 Å². The van der Waals surface area contributed by atoms with Crippen LogP contribution in [-0.4, -0.2) is 0 Å². The zero-order valence-electron chi connectivity index (χ0n) is 22.7. The molecule has 9 aromatic rings. The average molecular weight is 553 g/mol. The van der Waals surface area contributed by atoms with Crippen LogP contribution in [0.4, 0.5) is 0 Å². The second-order valence-corrected chi connectivity index (χ2v) is 11.8. The molecular formula is C40H24OS. The molecule has 7 aromatic carbocycles. The normalized spacial score (nSPS) is 11.8. The number of fused-ring (bicyclic) bond motifs is 6. The zero-order valence-corrected chi connectivity index (χ0v) is 23.5. The van der Waals surface area contributed by atoms with E-state index >= 15 is 0 Å². The van der Waals surface area contributed by atoms with Gasteiger partial charge in [0.15, 0.2) is 0 Å². The summed E-state index contributed by atoms with van der Waals surface area (Å²) in [6.45, 7) is 0. The van der Waals surface area contributed by atoms with Gasteiger partial charge in [-0.3, -0.25) is 0 Å². The minimum Gasteiger partial charge on any atom is -0.456 e. The van der Waals surface area contributed by atoms with Gasteiger partial charge >= 0.3 is 0 Å². The molecule has 0 spiro atoms. The van der Waals surface area contributed by atoms with Gasteiger partial charge in [0.2, 0.25) is 0 Å². The molecule has 0 unspecified atom stereocenters. The first kappa shape index (κ1) is 23.5. The number of benzene rings is 7. The van der Waals surface area contributed by atoms with Crippen molar-refractivity contribution in [2.45, 2.75) is 0 Å². The summed E-state index contributed by atoms with van der Waals surface area (Å²) in [6.07, 6.45) is 0. The van der Waals surface area contributed by atoms with Gasteiger partial charge in [0.1, 0.15) is 11.2 Å². The van der Waals surface area contributed by atoms with E-state index < -0.39 is 0 Å². The molecule has 42 heavy (non-hydrogen) atoms. The van der Waals surface area contributed by atoms with Crippen molar-refractivity contribution in [3.05, 3.63) is 145 Å². The molecule has 0 amide bonds. The molecule has 0 saturated heterocycles. The van der Waals surface area contributed by atoms with Crippen molar-refractivity contribution in [3.63, 3.8) is 0 Å². The highest BCUT2D eigenvalue weighted by atomic mass is 32.1. The molecule has 9 rings (SSSR count). The van der Waals surface area contributed by atoms with Crippen LogP contribution in [-0.2, 0) is 0 Å². The quantitative estimate of drug-likeness (QED) is 0.199. The molecule has 196 valence electrons. The molecule has 0 bridgehead atoms. The predicted molar refractivity (Wildman–Crippen MR) is 180 cm³/mol. The van der Waals surface area contributed by atoms with Crippen LogP contribution >= 0.6 is 11.3 Å². The van der Waals surface area contributed by atoms with Gasteiger partial charge in [-0.05, 0) is 79.0 Å². The maximum Gasteiger partial charge on any atom is 0.136 e. The zero-order chi connectivity index (χ0) is 27.6. The summed E-state index contributed by atoms with van der Waals surface area (Å²) >= 11 is 1.78. The molecule has 2 heteroatoms. The van der Waals surface area contributed by atoms with Gasteiger partial charge in [0.25, 0.3) is 0 Å². The number of rotatable bonds is 3. The van der Waals surface area contributed by atoms with Gasteiger partial charge in [-0.1, -0.05) is 115 Å². The maximum atomic E-state index is 6.56. The molecule has 0 saturated carbocycles. The Kier molecular flexibility index (Phi) is 5.13. The molecule has 2 aromatic heterocycles. The summed E-state index contributed by atoms with van der Waals surface area (Å²) in [6, 6.07) is 50.2. The number of thiophene rings is 1. The van der Waals surface area contributed by atoms with Crippen LogP contribution in [0.3, 0.4) is 0 Å². The summed E-state index contributed by atoms with van der Waals surface area (Å²) in [4.78, 5) is 0. The Morgan fingerprint density at radius 1 is 0.381 bits per heavy atom. The highest BCUT2D eigenvalue weighted by molar-refractivity contribution is 7.17. The Balaban J connectivity index is 1.29. The maximum absolute atomic E-state index is 6.56. The lowest BCUT2D eigenvalue weighted by atomic mass is 9.86. The smallest absolute Gasteiger partial charge is 0.136 e. The molecule has 1 nitrogen and oxygen atoms in total. The number of hydrogen-bond donors (Lipinski definition) is 0. The fourth-order valence-corrected chi connectivity index (χ4v) is 7.63. The van der Waals surface area contributed by atoms with Crippen LogP contribution in [0.25, 0.3) is 87.0 Å². The summed E-state index contributed by atoms with van der Waals surface area (Å²) < 4.78 is 7.81. The molecule has 2 heterocycles. The first-order valence-electron chi connectivity index (χ1n) is 14.3. The Bertz CT molecular complexity index is 2390. The summed E-state index contributed by atoms with van der Waals surface area (Å²) in [5.41, 5.74) is 9.31. The van der Waals surface area contributed by atoms with Crippen LogP contribution in [0.1, 0.15) is 0 Å². The molecule has 0 N–H and O–H groups in total. The predicted octanol–water partition coefficient (Wildman–Crippen LogP) is 12.1. The van der Waals surface area contributed by atoms with Gasteiger partial charge in [0.05, 0.1) is 0 Å². The standard InChI is InChI=1S/C40H24OS/c1-3-11-25(12-4-1)35-24-42-38-23-37-33(22-34(35)38)28-20-19-27(21-36(28)41-37)40-31-17-9-7-15-29(31)39(26-13-5-2-6-14-26)30-16-8-10-18-32(30)40/h1-24H. The van der Waals surface area contributed by atoms with Crippen molar-refractivity contribution >= 4 is 64.9 Å². The average Bonchev–Trinajstić information content (AvgIpc) is 3.63. The Hall–Kier alpha value is -5.18. The van der Waals surface area contributed by atoms with Gasteiger partial charge in [-0.2, -0.15) is 0 Å². The Morgan fingerprint density at radius 3 is 1.57 bits per heavy atom. The Morgan fingerprint density at radius 2 is 0.929 bits per heavy atom. The lowest BCUT2D eigenvalue weighted by Crippen LogP contribution is -1.90. The van der Waals surface area contributed by atoms with Gasteiger partial charge in [-0.25, -0.2) is 0 Å². The van der Waals surface area contributed by atoms with E-state index in [-0.39, 0.29) is 0 Å². The second-order valence-electron chi connectivity index (χ2n) is 10.9. The van der Waals surface area contributed by atoms with Crippen molar-refractivity contribution in [3.8, 4) is 33.4 Å². The van der Waals surface area contributed by atoms with E-state index in [0.717, 1.165) is 21.9 Å². The van der Waals surface area contributed by atoms with E-state index in [9.17, 15) is 0 Å². The minimum absolute atomic E-state index is 0.918. The highest BCUT2D eigenvalue weighted by Crippen LogP contribution is 2.45. The molecule has 0 aliphatic rings. The first-order valence-corrected chi connectivity index (χ1v) is 15.1. The third kappa shape index (κ3) is 3.49. The van der Waals surface area contributed by atoms with Gasteiger partial charge in [-0.15, -0.1) is 11.3 Å². The molecule has 0 atom stereocenters. The number of furan rings is 1. The largest absolute Gasteiger partial charge is 0.456 e. The summed E-state index contributed by atoms with van der Waals surface area (Å²) in [5.74, 6) is 0. The molecule has 0 aliphatic carbocycles. The molecule has 0 aliphatic heterocycles. The third-order valence-corrected chi connectivity index (χ3v) is 9.48. The van der Waals surface area contributed by atoms with Crippen LogP contribution in [0.15, 0.2) is 149 Å². The van der Waals surface area contributed by atoms with E-state index in [2.05, 4.69) is 145 Å². The second kappa shape index (κ2) is 9.17. The SMILES string of the molecule is c1ccc(-c2csc3cc4oc5cc(-c6c7ccccc7c(-c7ccccc7)c7ccccc67)ccc5c4cc23)cc1. The number of hydrogen-bond acceptors (Lipinski definition) is 2. The van der Waals surface area contributed by atoms with Crippen LogP contribution < -0.4 is 0 Å². The topological polar surface area (TPSA) is 13.1 Å². The van der Waals surface area contributed by atoms with Crippen molar-refractivity contribution < 1.29 is 4.42 Å². The third-order valence-electron chi connectivity index (χ3n) is 8.53. The minimum atomic E-state index is 0.918. The van der Waals surface area contributed by atoms with E-state index in [4.69, 9.17) is 4.42 Å². The molecule has 0 radical (unpaired) electrons. The Labute approximate surface area is 246 Å². The van der Waals surface area contributed by atoms with E-state index in [1.165, 1.54) is 65.0 Å². The van der Waals surface area contributed by atoms with Crippen molar-refractivity contribution in [1.82, 2.24) is 0 Å². The summed E-state index contributed by atoms with van der Waals surface area (Å²) in [5, 5.41) is 10.9. The van der Waals surface area contributed by atoms with Crippen LogP contribution in [0.5, 0.6) is 0 Å². The van der Waals surface area contributed by atoms with Crippen molar-refractivity contribution in [1.29, 1.82) is 0 Å². The van der Waals surface area contributed by atoms with E-state index in [1.807, 2.05) is 0 Å². The van der Waals surface area contributed by atoms with Gasteiger partial charge in [0, 0.05) is 26.4 Å². The van der Waals surface area contributed by atoms with Crippen molar-refractivity contribution in [2.24, 2.45) is 0 Å². The highest BCUT2D eigenvalue weighted by Gasteiger charge is 2.18. The monoisotopic (exact) mass is 552 g/mol. The van der Waals surface area contributed by atoms with Gasteiger partial charge < -0.3 is 4.42 Å². The van der Waals surface area contributed by atoms with E-state index in [0.29, 0.717) is 0 Å².